The van der Waals surface area contributed by atoms with E-state index in [2.05, 4.69) is 18.0 Å². The van der Waals surface area contributed by atoms with Gasteiger partial charge in [-0.15, -0.1) is 0 Å². The fourth-order valence-corrected chi connectivity index (χ4v) is 2.44. The van der Waals surface area contributed by atoms with Crippen LogP contribution in [-0.2, 0) is 6.42 Å². The number of aromatic nitrogens is 1. The van der Waals surface area contributed by atoms with E-state index >= 15 is 0 Å². The van der Waals surface area contributed by atoms with Gasteiger partial charge >= 0.3 is 0 Å². The van der Waals surface area contributed by atoms with Crippen LogP contribution in [-0.4, -0.2) is 25.2 Å². The highest BCUT2D eigenvalue weighted by atomic mass is 16.5. The zero-order valence-corrected chi connectivity index (χ0v) is 10.2. The molecule has 0 radical (unpaired) electrons. The minimum atomic E-state index is 0.699. The van der Waals surface area contributed by atoms with Gasteiger partial charge in [0, 0.05) is 24.5 Å². The minimum absolute atomic E-state index is 0.699. The van der Waals surface area contributed by atoms with Gasteiger partial charge in [-0.1, -0.05) is 12.1 Å². The molecule has 88 valence electrons. The van der Waals surface area contributed by atoms with Crippen LogP contribution < -0.4 is 9.64 Å². The highest BCUT2D eigenvalue weighted by molar-refractivity contribution is 5.89. The number of nitrogens with zero attached hydrogens (tertiary/aromatic N) is 2. The minimum Gasteiger partial charge on any atom is -0.493 e. The van der Waals surface area contributed by atoms with E-state index in [0.717, 1.165) is 35.4 Å². The van der Waals surface area contributed by atoms with Gasteiger partial charge in [0.2, 0.25) is 0 Å². The summed E-state index contributed by atoms with van der Waals surface area (Å²) in [6.07, 6.45) is 1.03. The lowest BCUT2D eigenvalue weighted by Gasteiger charge is -2.15. The van der Waals surface area contributed by atoms with Crippen molar-refractivity contribution in [1.29, 1.82) is 0 Å². The quantitative estimate of drug-likeness (QED) is 0.790. The largest absolute Gasteiger partial charge is 0.493 e. The third-order valence-corrected chi connectivity index (χ3v) is 3.27. The van der Waals surface area contributed by atoms with Gasteiger partial charge in [0.1, 0.15) is 11.6 Å². The van der Waals surface area contributed by atoms with Crippen LogP contribution in [0.4, 0.5) is 5.82 Å². The molecule has 2 heterocycles. The van der Waals surface area contributed by atoms with Crippen LogP contribution in [0.3, 0.4) is 0 Å². The van der Waals surface area contributed by atoms with Gasteiger partial charge < -0.3 is 9.64 Å². The average molecular weight is 228 g/mol. The maximum atomic E-state index is 5.84. The van der Waals surface area contributed by atoms with E-state index in [4.69, 9.17) is 9.72 Å². The second-order valence-corrected chi connectivity index (χ2v) is 4.36. The molecule has 0 fully saturated rings. The molecule has 2 aromatic rings. The predicted molar refractivity (Wildman–Crippen MR) is 69.9 cm³/mol. The Kier molecular flexibility index (Phi) is 2.39. The molecule has 0 N–H and O–H groups in total. The molecule has 0 saturated carbocycles. The Hall–Kier alpha value is -1.77. The Labute approximate surface area is 101 Å². The molecule has 17 heavy (non-hydrogen) atoms. The Morgan fingerprint density at radius 2 is 2.18 bits per heavy atom. The van der Waals surface area contributed by atoms with E-state index in [9.17, 15) is 0 Å². The van der Waals surface area contributed by atoms with Crippen LogP contribution in [0.1, 0.15) is 12.5 Å². The molecular formula is C14H16N2O. The molecule has 0 amide bonds. The highest BCUT2D eigenvalue weighted by Gasteiger charge is 2.23. The van der Waals surface area contributed by atoms with Crippen molar-refractivity contribution in [2.45, 2.75) is 13.3 Å². The third kappa shape index (κ3) is 1.54. The number of hydrogen-bond donors (Lipinski definition) is 0. The van der Waals surface area contributed by atoms with Gasteiger partial charge in [-0.2, -0.15) is 0 Å². The number of benzene rings is 1. The topological polar surface area (TPSA) is 25.4 Å². The van der Waals surface area contributed by atoms with Gasteiger partial charge in [0.25, 0.3) is 0 Å². The smallest absolute Gasteiger partial charge is 0.136 e. The summed E-state index contributed by atoms with van der Waals surface area (Å²) in [5.74, 6) is 2.10. The van der Waals surface area contributed by atoms with Crippen LogP contribution in [0.25, 0.3) is 10.9 Å². The molecule has 0 atom stereocenters. The number of anilines is 1. The first-order valence-electron chi connectivity index (χ1n) is 6.07. The fourth-order valence-electron chi connectivity index (χ4n) is 2.44. The van der Waals surface area contributed by atoms with Crippen LogP contribution in [0, 0.1) is 0 Å². The average Bonchev–Trinajstić information content (AvgIpc) is 2.71. The number of likely N-dealkylation sites (N-methyl/N-ethyl adjacent to an activating group) is 1. The van der Waals surface area contributed by atoms with E-state index in [1.807, 2.05) is 25.1 Å². The Balaban J connectivity index is 2.32. The van der Waals surface area contributed by atoms with Crippen LogP contribution in [0.2, 0.25) is 0 Å². The SMILES string of the molecule is CCOc1c2c(nc3ccccc13)N(C)CC2. The van der Waals surface area contributed by atoms with Crippen LogP contribution in [0.15, 0.2) is 24.3 Å². The molecule has 3 rings (SSSR count). The highest BCUT2D eigenvalue weighted by Crippen LogP contribution is 2.38. The van der Waals surface area contributed by atoms with E-state index in [0.29, 0.717) is 6.61 Å². The number of hydrogen-bond acceptors (Lipinski definition) is 3. The van der Waals surface area contributed by atoms with Crippen LogP contribution in [0.5, 0.6) is 5.75 Å². The lowest BCUT2D eigenvalue weighted by atomic mass is 10.1. The van der Waals surface area contributed by atoms with Crippen LogP contribution >= 0.6 is 0 Å². The molecule has 3 nitrogen and oxygen atoms in total. The summed E-state index contributed by atoms with van der Waals surface area (Å²) < 4.78 is 5.84. The fraction of sp³-hybridized carbons (Fsp3) is 0.357. The molecule has 0 unspecified atom stereocenters. The first-order valence-corrected chi connectivity index (χ1v) is 6.07. The van der Waals surface area contributed by atoms with Gasteiger partial charge in [0.05, 0.1) is 12.1 Å². The summed E-state index contributed by atoms with van der Waals surface area (Å²) in [5, 5.41) is 1.13. The lowest BCUT2D eigenvalue weighted by molar-refractivity contribution is 0.341. The van der Waals surface area contributed by atoms with E-state index < -0.39 is 0 Å². The molecule has 1 aliphatic rings. The number of ether oxygens (including phenoxy) is 1. The number of fused-ring (bicyclic) bond motifs is 2. The second kappa shape index (κ2) is 3.91. The molecule has 3 heteroatoms. The predicted octanol–water partition coefficient (Wildman–Crippen LogP) is 2.63. The molecule has 0 spiro atoms. The van der Waals surface area contributed by atoms with Crippen molar-refractivity contribution in [2.24, 2.45) is 0 Å². The van der Waals surface area contributed by atoms with Gasteiger partial charge in [0.15, 0.2) is 0 Å². The summed E-state index contributed by atoms with van der Waals surface area (Å²) in [7, 11) is 2.09. The van der Waals surface area contributed by atoms with Crippen molar-refractivity contribution in [3.63, 3.8) is 0 Å². The van der Waals surface area contributed by atoms with Crippen molar-refractivity contribution in [2.75, 3.05) is 25.1 Å². The third-order valence-electron chi connectivity index (χ3n) is 3.27. The Morgan fingerprint density at radius 1 is 1.35 bits per heavy atom. The molecular weight excluding hydrogens is 212 g/mol. The summed E-state index contributed by atoms with van der Waals surface area (Å²) in [4.78, 5) is 6.92. The summed E-state index contributed by atoms with van der Waals surface area (Å²) in [6.45, 7) is 3.75. The number of pyridine rings is 1. The van der Waals surface area contributed by atoms with Crippen molar-refractivity contribution in [3.8, 4) is 5.75 Å². The second-order valence-electron chi connectivity index (χ2n) is 4.36. The van der Waals surface area contributed by atoms with E-state index in [1.54, 1.807) is 0 Å². The summed E-state index contributed by atoms with van der Waals surface area (Å²) in [6, 6.07) is 8.19. The Bertz CT molecular complexity index is 565. The van der Waals surface area contributed by atoms with Crippen molar-refractivity contribution in [1.82, 2.24) is 4.98 Å². The molecule has 0 saturated heterocycles. The van der Waals surface area contributed by atoms with E-state index in [-0.39, 0.29) is 0 Å². The maximum Gasteiger partial charge on any atom is 0.136 e. The molecule has 0 bridgehead atoms. The Morgan fingerprint density at radius 3 is 3.00 bits per heavy atom. The molecule has 1 aromatic heterocycles. The molecule has 1 aromatic carbocycles. The first kappa shape index (κ1) is 10.4. The molecule has 0 aliphatic carbocycles. The first-order chi connectivity index (χ1) is 8.31. The zero-order valence-electron chi connectivity index (χ0n) is 10.2. The van der Waals surface area contributed by atoms with Gasteiger partial charge in [-0.3, -0.25) is 0 Å². The maximum absolute atomic E-state index is 5.84. The molecule has 1 aliphatic heterocycles. The van der Waals surface area contributed by atoms with Crippen molar-refractivity contribution >= 4 is 16.7 Å². The number of rotatable bonds is 2. The number of para-hydroxylation sites is 1. The normalized spacial score (nSPS) is 14.1. The lowest BCUT2D eigenvalue weighted by Crippen LogP contribution is -2.13. The van der Waals surface area contributed by atoms with Crippen molar-refractivity contribution < 1.29 is 4.74 Å². The zero-order chi connectivity index (χ0) is 11.8. The van der Waals surface area contributed by atoms with Gasteiger partial charge in [-0.05, 0) is 25.5 Å². The monoisotopic (exact) mass is 228 g/mol. The van der Waals surface area contributed by atoms with E-state index in [1.165, 1.54) is 5.56 Å². The van der Waals surface area contributed by atoms with Crippen molar-refractivity contribution in [3.05, 3.63) is 29.8 Å². The standard InChI is InChI=1S/C14H16N2O/c1-3-17-13-10-6-4-5-7-12(10)15-14-11(13)8-9-16(14)2/h4-7H,3,8-9H2,1-2H3. The van der Waals surface area contributed by atoms with Gasteiger partial charge in [-0.25, -0.2) is 4.98 Å². The summed E-state index contributed by atoms with van der Waals surface area (Å²) in [5.41, 5.74) is 2.27. The summed E-state index contributed by atoms with van der Waals surface area (Å²) >= 11 is 0.